The lowest BCUT2D eigenvalue weighted by Gasteiger charge is -2.26. The minimum atomic E-state index is -0.154. The van der Waals surface area contributed by atoms with Crippen LogP contribution in [-0.4, -0.2) is 28.7 Å². The third kappa shape index (κ3) is 4.07. The monoisotopic (exact) mass is 426 g/mol. The summed E-state index contributed by atoms with van der Waals surface area (Å²) in [7, 11) is 1.80. The van der Waals surface area contributed by atoms with Crippen LogP contribution >= 0.6 is 0 Å². The van der Waals surface area contributed by atoms with E-state index in [-0.39, 0.29) is 17.9 Å². The van der Waals surface area contributed by atoms with Gasteiger partial charge in [-0.2, -0.15) is 0 Å². The summed E-state index contributed by atoms with van der Waals surface area (Å²) in [6.07, 6.45) is 1.95. The van der Waals surface area contributed by atoms with Crippen LogP contribution in [0.25, 0.3) is 22.0 Å². The molecule has 6 heteroatoms. The SMILES string of the molecule is CC(=O)Nc1cccc(-c2ccc(N)cc2C(=O)N(C)C(C)c2c[nH]c3ccccc23)c1. The highest BCUT2D eigenvalue weighted by molar-refractivity contribution is 6.02. The Kier molecular flexibility index (Phi) is 5.69. The molecule has 6 nitrogen and oxygen atoms in total. The molecule has 1 heterocycles. The van der Waals surface area contributed by atoms with E-state index < -0.39 is 0 Å². The zero-order valence-corrected chi connectivity index (χ0v) is 18.3. The topological polar surface area (TPSA) is 91.2 Å². The predicted molar refractivity (Wildman–Crippen MR) is 129 cm³/mol. The van der Waals surface area contributed by atoms with E-state index in [2.05, 4.69) is 16.4 Å². The summed E-state index contributed by atoms with van der Waals surface area (Å²) >= 11 is 0. The van der Waals surface area contributed by atoms with Gasteiger partial charge in [0.1, 0.15) is 0 Å². The molecule has 0 bridgehead atoms. The molecule has 0 radical (unpaired) electrons. The molecule has 2 amide bonds. The minimum Gasteiger partial charge on any atom is -0.399 e. The Balaban J connectivity index is 1.71. The molecule has 4 rings (SSSR count). The molecule has 0 aliphatic rings. The van der Waals surface area contributed by atoms with E-state index in [1.54, 1.807) is 24.1 Å². The van der Waals surface area contributed by atoms with Gasteiger partial charge in [-0.1, -0.05) is 36.4 Å². The molecule has 1 atom stereocenters. The molecule has 1 aromatic heterocycles. The molecule has 0 aliphatic heterocycles. The molecule has 0 fully saturated rings. The fourth-order valence-corrected chi connectivity index (χ4v) is 3.97. The average Bonchev–Trinajstić information content (AvgIpc) is 3.21. The molecule has 0 aliphatic carbocycles. The molecule has 162 valence electrons. The van der Waals surface area contributed by atoms with Crippen LogP contribution in [0.4, 0.5) is 11.4 Å². The van der Waals surface area contributed by atoms with Gasteiger partial charge in [0.2, 0.25) is 5.91 Å². The maximum Gasteiger partial charge on any atom is 0.254 e. The Morgan fingerprint density at radius 3 is 2.59 bits per heavy atom. The van der Waals surface area contributed by atoms with E-state index in [0.29, 0.717) is 16.9 Å². The highest BCUT2D eigenvalue weighted by Crippen LogP contribution is 2.32. The first-order valence-corrected chi connectivity index (χ1v) is 10.5. The molecular weight excluding hydrogens is 400 g/mol. The minimum absolute atomic E-state index is 0.130. The van der Waals surface area contributed by atoms with Crippen molar-refractivity contribution in [2.24, 2.45) is 0 Å². The maximum absolute atomic E-state index is 13.6. The van der Waals surface area contributed by atoms with Crippen LogP contribution in [0, 0.1) is 0 Å². The quantitative estimate of drug-likeness (QED) is 0.383. The highest BCUT2D eigenvalue weighted by Gasteiger charge is 2.24. The number of carbonyl (C=O) groups is 2. The van der Waals surface area contributed by atoms with Crippen molar-refractivity contribution >= 4 is 34.1 Å². The Morgan fingerprint density at radius 2 is 1.81 bits per heavy atom. The van der Waals surface area contributed by atoms with Crippen LogP contribution in [0.5, 0.6) is 0 Å². The summed E-state index contributed by atoms with van der Waals surface area (Å²) in [5.74, 6) is -0.280. The number of carbonyl (C=O) groups excluding carboxylic acids is 2. The largest absolute Gasteiger partial charge is 0.399 e. The van der Waals surface area contributed by atoms with Crippen molar-refractivity contribution in [1.82, 2.24) is 9.88 Å². The summed E-state index contributed by atoms with van der Waals surface area (Å²) in [4.78, 5) is 30.1. The lowest BCUT2D eigenvalue weighted by atomic mass is 9.96. The van der Waals surface area contributed by atoms with Crippen LogP contribution in [0.1, 0.15) is 35.8 Å². The lowest BCUT2D eigenvalue weighted by molar-refractivity contribution is -0.114. The third-order valence-corrected chi connectivity index (χ3v) is 5.74. The predicted octanol–water partition coefficient (Wildman–Crippen LogP) is 5.21. The number of rotatable bonds is 5. The summed E-state index contributed by atoms with van der Waals surface area (Å²) in [5, 5.41) is 3.88. The number of benzene rings is 3. The number of aromatic nitrogens is 1. The van der Waals surface area contributed by atoms with Gasteiger partial charge in [-0.05, 0) is 53.9 Å². The summed E-state index contributed by atoms with van der Waals surface area (Å²) in [6.45, 7) is 3.47. The molecule has 1 unspecified atom stereocenters. The first-order valence-electron chi connectivity index (χ1n) is 10.5. The van der Waals surface area contributed by atoms with E-state index in [1.165, 1.54) is 6.92 Å². The van der Waals surface area contributed by atoms with E-state index in [9.17, 15) is 9.59 Å². The Morgan fingerprint density at radius 1 is 1.03 bits per heavy atom. The Labute approximate surface area is 187 Å². The van der Waals surface area contributed by atoms with E-state index in [4.69, 9.17) is 5.73 Å². The van der Waals surface area contributed by atoms with Gasteiger partial charge in [-0.25, -0.2) is 0 Å². The third-order valence-electron chi connectivity index (χ3n) is 5.74. The van der Waals surface area contributed by atoms with Crippen molar-refractivity contribution in [1.29, 1.82) is 0 Å². The van der Waals surface area contributed by atoms with Crippen LogP contribution in [-0.2, 0) is 4.79 Å². The van der Waals surface area contributed by atoms with Crippen LogP contribution in [0.3, 0.4) is 0 Å². The van der Waals surface area contributed by atoms with Gasteiger partial charge in [-0.3, -0.25) is 9.59 Å². The van der Waals surface area contributed by atoms with Crippen LogP contribution in [0.2, 0.25) is 0 Å². The van der Waals surface area contributed by atoms with Gasteiger partial charge in [0, 0.05) is 48.0 Å². The molecule has 32 heavy (non-hydrogen) atoms. The number of aromatic amines is 1. The Bertz CT molecular complexity index is 1310. The van der Waals surface area contributed by atoms with E-state index in [1.807, 2.05) is 61.7 Å². The number of nitrogen functional groups attached to an aromatic ring is 1. The Hall–Kier alpha value is -4.06. The number of nitrogens with one attached hydrogen (secondary N) is 2. The van der Waals surface area contributed by atoms with Gasteiger partial charge < -0.3 is 20.9 Å². The fraction of sp³-hybridized carbons (Fsp3) is 0.154. The number of fused-ring (bicyclic) bond motifs is 1. The molecule has 4 N–H and O–H groups in total. The van der Waals surface area contributed by atoms with E-state index in [0.717, 1.165) is 27.6 Å². The van der Waals surface area contributed by atoms with Crippen LogP contribution < -0.4 is 11.1 Å². The molecule has 0 saturated carbocycles. The maximum atomic E-state index is 13.6. The number of amides is 2. The summed E-state index contributed by atoms with van der Waals surface area (Å²) in [5.41, 5.74) is 11.4. The second-order valence-corrected chi connectivity index (χ2v) is 7.95. The number of nitrogens with two attached hydrogens (primary N) is 1. The summed E-state index contributed by atoms with van der Waals surface area (Å²) < 4.78 is 0. The van der Waals surface area contributed by atoms with Gasteiger partial charge >= 0.3 is 0 Å². The zero-order valence-electron chi connectivity index (χ0n) is 18.3. The standard InChI is InChI=1S/C26H26N4O2/c1-16(24-15-28-25-10-5-4-9-22(24)25)30(3)26(32)23-14-19(27)11-12-21(23)18-7-6-8-20(13-18)29-17(2)31/h4-16,28H,27H2,1-3H3,(H,29,31). The van der Waals surface area contributed by atoms with Crippen molar-refractivity contribution in [3.63, 3.8) is 0 Å². The number of hydrogen-bond donors (Lipinski definition) is 3. The second kappa shape index (κ2) is 8.59. The number of H-pyrrole nitrogens is 1. The number of anilines is 2. The molecular formula is C26H26N4O2. The molecule has 0 spiro atoms. The molecule has 3 aromatic carbocycles. The van der Waals surface area contributed by atoms with Gasteiger partial charge in [-0.15, -0.1) is 0 Å². The van der Waals surface area contributed by atoms with E-state index >= 15 is 0 Å². The lowest BCUT2D eigenvalue weighted by Crippen LogP contribution is -2.30. The smallest absolute Gasteiger partial charge is 0.254 e. The van der Waals surface area contributed by atoms with Crippen molar-refractivity contribution in [3.8, 4) is 11.1 Å². The van der Waals surface area contributed by atoms with Crippen LogP contribution in [0.15, 0.2) is 72.9 Å². The van der Waals surface area contributed by atoms with Crippen molar-refractivity contribution in [2.45, 2.75) is 19.9 Å². The second-order valence-electron chi connectivity index (χ2n) is 7.95. The first-order chi connectivity index (χ1) is 15.3. The van der Waals surface area contributed by atoms with Crippen molar-refractivity contribution in [3.05, 3.63) is 84.1 Å². The fourth-order valence-electron chi connectivity index (χ4n) is 3.97. The van der Waals surface area contributed by atoms with Gasteiger partial charge in [0.15, 0.2) is 0 Å². The zero-order chi connectivity index (χ0) is 22.8. The van der Waals surface area contributed by atoms with Crippen molar-refractivity contribution in [2.75, 3.05) is 18.1 Å². The average molecular weight is 427 g/mol. The number of nitrogens with zero attached hydrogens (tertiary/aromatic N) is 1. The number of hydrogen-bond acceptors (Lipinski definition) is 3. The van der Waals surface area contributed by atoms with Crippen molar-refractivity contribution < 1.29 is 9.59 Å². The molecule has 0 saturated heterocycles. The normalized spacial score (nSPS) is 11.8. The highest BCUT2D eigenvalue weighted by atomic mass is 16.2. The van der Waals surface area contributed by atoms with Gasteiger partial charge in [0.05, 0.1) is 6.04 Å². The number of para-hydroxylation sites is 1. The molecule has 4 aromatic rings. The summed E-state index contributed by atoms with van der Waals surface area (Å²) in [6, 6.07) is 20.7. The van der Waals surface area contributed by atoms with Gasteiger partial charge in [0.25, 0.3) is 5.91 Å². The first kappa shape index (κ1) is 21.2.